The zero-order valence-corrected chi connectivity index (χ0v) is 15.0. The highest BCUT2D eigenvalue weighted by Gasteiger charge is 2.20. The van der Waals surface area contributed by atoms with Crippen LogP contribution in [0.3, 0.4) is 0 Å². The van der Waals surface area contributed by atoms with Gasteiger partial charge in [-0.25, -0.2) is 0 Å². The van der Waals surface area contributed by atoms with Crippen LogP contribution in [0, 0.1) is 0 Å². The molecule has 5 nitrogen and oxygen atoms in total. The third-order valence-electron chi connectivity index (χ3n) is 4.57. The van der Waals surface area contributed by atoms with Gasteiger partial charge >= 0.3 is 5.91 Å². The van der Waals surface area contributed by atoms with Crippen LogP contribution >= 0.6 is 11.3 Å². The molecule has 1 N–H and O–H groups in total. The average molecular weight is 353 g/mol. The maximum Gasteiger partial charge on any atom is 0.305 e. The van der Waals surface area contributed by atoms with Crippen LogP contribution in [0.2, 0.25) is 0 Å². The molecule has 0 unspecified atom stereocenters. The van der Waals surface area contributed by atoms with Crippen LogP contribution in [0.4, 0.5) is 5.69 Å². The van der Waals surface area contributed by atoms with Crippen LogP contribution < -0.4 is 0 Å². The number of aryl methyl sites for hydroxylation is 2. The van der Waals surface area contributed by atoms with Gasteiger partial charge in [-0.15, -0.1) is 21.6 Å². The Bertz CT molecular complexity index is 976. The van der Waals surface area contributed by atoms with Gasteiger partial charge in [0.1, 0.15) is 0 Å². The number of hydrogen-bond donors (Lipinski definition) is 1. The lowest BCUT2D eigenvalue weighted by Gasteiger charge is -2.10. The minimum absolute atomic E-state index is 0.0430. The molecule has 0 saturated carbocycles. The van der Waals surface area contributed by atoms with E-state index < -0.39 is 0 Å². The van der Waals surface area contributed by atoms with Gasteiger partial charge in [0.2, 0.25) is 5.88 Å². The highest BCUT2D eigenvalue weighted by Crippen LogP contribution is 2.41. The smallest absolute Gasteiger partial charge is 0.305 e. The summed E-state index contributed by atoms with van der Waals surface area (Å²) < 4.78 is 1.80. The molecule has 25 heavy (non-hydrogen) atoms. The molecule has 1 aromatic carbocycles. The van der Waals surface area contributed by atoms with Crippen molar-refractivity contribution in [2.45, 2.75) is 39.2 Å². The van der Waals surface area contributed by atoms with Crippen molar-refractivity contribution in [3.05, 3.63) is 45.6 Å². The van der Waals surface area contributed by atoms with Gasteiger partial charge in [-0.1, -0.05) is 18.2 Å². The van der Waals surface area contributed by atoms with Gasteiger partial charge in [0.15, 0.2) is 5.69 Å². The molecule has 0 spiro atoms. The first-order valence-corrected chi connectivity index (χ1v) is 9.27. The van der Waals surface area contributed by atoms with Crippen molar-refractivity contribution >= 4 is 33.8 Å². The van der Waals surface area contributed by atoms with Crippen LogP contribution in [0.15, 0.2) is 40.6 Å². The number of aromatic nitrogens is 1. The Kier molecular flexibility index (Phi) is 3.92. The summed E-state index contributed by atoms with van der Waals surface area (Å²) in [5, 5.41) is 19.3. The van der Waals surface area contributed by atoms with Crippen LogP contribution in [-0.4, -0.2) is 15.6 Å². The fraction of sp³-hybridized carbons (Fsp3) is 0.316. The third-order valence-corrected chi connectivity index (χ3v) is 5.80. The topological polar surface area (TPSA) is 66.9 Å². The number of para-hydroxylation sites is 1. The lowest BCUT2D eigenvalue weighted by molar-refractivity contribution is 0.0999. The quantitative estimate of drug-likeness (QED) is 0.640. The van der Waals surface area contributed by atoms with Crippen molar-refractivity contribution in [1.29, 1.82) is 0 Å². The fourth-order valence-corrected chi connectivity index (χ4v) is 4.57. The predicted octanol–water partition coefficient (Wildman–Crippen LogP) is 5.40. The maximum atomic E-state index is 12.4. The third kappa shape index (κ3) is 2.66. The van der Waals surface area contributed by atoms with Crippen molar-refractivity contribution in [2.75, 3.05) is 0 Å². The number of carbonyl (C=O) groups is 1. The van der Waals surface area contributed by atoms with Crippen LogP contribution in [0.1, 0.15) is 46.4 Å². The molecule has 0 fully saturated rings. The van der Waals surface area contributed by atoms with E-state index in [-0.39, 0.29) is 17.8 Å². The van der Waals surface area contributed by atoms with E-state index >= 15 is 0 Å². The van der Waals surface area contributed by atoms with Crippen LogP contribution in [0.5, 0.6) is 5.88 Å². The highest BCUT2D eigenvalue weighted by molar-refractivity contribution is 7.14. The van der Waals surface area contributed by atoms with E-state index in [1.165, 1.54) is 28.2 Å². The van der Waals surface area contributed by atoms with Crippen molar-refractivity contribution in [2.24, 2.45) is 10.2 Å². The first kappa shape index (κ1) is 16.0. The minimum Gasteiger partial charge on any atom is -0.493 e. The second-order valence-electron chi connectivity index (χ2n) is 6.57. The van der Waals surface area contributed by atoms with Gasteiger partial charge in [-0.05, 0) is 50.8 Å². The number of carbonyl (C=O) groups excluding carboxylic acids is 1. The average Bonchev–Trinajstić information content (AvgIpc) is 3.23. The molecule has 0 aliphatic heterocycles. The van der Waals surface area contributed by atoms with E-state index in [1.54, 1.807) is 4.57 Å². The Hall–Kier alpha value is -2.47. The first-order chi connectivity index (χ1) is 12.1. The predicted molar refractivity (Wildman–Crippen MR) is 99.2 cm³/mol. The Labute approximate surface area is 149 Å². The second-order valence-corrected chi connectivity index (χ2v) is 7.71. The van der Waals surface area contributed by atoms with Gasteiger partial charge in [-0.2, -0.15) is 0 Å². The summed E-state index contributed by atoms with van der Waals surface area (Å²) >= 11 is 1.51. The molecule has 3 aromatic rings. The van der Waals surface area contributed by atoms with Crippen LogP contribution in [-0.2, 0) is 12.8 Å². The van der Waals surface area contributed by atoms with Crippen molar-refractivity contribution < 1.29 is 9.90 Å². The molecule has 1 aliphatic rings. The number of nitrogens with zero attached hydrogens (tertiary/aromatic N) is 3. The van der Waals surface area contributed by atoms with E-state index in [1.807, 2.05) is 44.2 Å². The van der Waals surface area contributed by atoms with E-state index in [0.29, 0.717) is 10.6 Å². The summed E-state index contributed by atoms with van der Waals surface area (Å²) in [5.74, 6) is -0.304. The molecule has 0 bridgehead atoms. The molecule has 1 amide bonds. The lowest BCUT2D eigenvalue weighted by atomic mass is 10.2. The zero-order chi connectivity index (χ0) is 17.6. The molecule has 2 heterocycles. The Morgan fingerprint density at radius 1 is 1.28 bits per heavy atom. The summed E-state index contributed by atoms with van der Waals surface area (Å²) in [5.41, 5.74) is 2.50. The molecule has 128 valence electrons. The molecular formula is C19H19N3O2S. The Morgan fingerprint density at radius 2 is 2.08 bits per heavy atom. The normalized spacial score (nSPS) is 14.0. The molecule has 0 saturated heterocycles. The number of hydrogen-bond acceptors (Lipinski definition) is 4. The fourth-order valence-electron chi connectivity index (χ4n) is 3.43. The Morgan fingerprint density at radius 3 is 2.84 bits per heavy atom. The van der Waals surface area contributed by atoms with E-state index in [9.17, 15) is 9.90 Å². The number of fused-ring (bicyclic) bond motifs is 2. The number of rotatable bonds is 3. The van der Waals surface area contributed by atoms with Gasteiger partial charge in [-0.3, -0.25) is 4.79 Å². The number of thiophene rings is 1. The largest absolute Gasteiger partial charge is 0.493 e. The molecule has 1 aliphatic carbocycles. The SMILES string of the molecule is CC(C)n1c(O)c(N=NC(=O)c2cc3c(s2)CCC3)c2ccccc21. The summed E-state index contributed by atoms with van der Waals surface area (Å²) in [4.78, 5) is 14.3. The minimum atomic E-state index is -0.347. The molecule has 0 radical (unpaired) electrons. The lowest BCUT2D eigenvalue weighted by Crippen LogP contribution is -1.98. The van der Waals surface area contributed by atoms with Crippen molar-refractivity contribution in [3.63, 3.8) is 0 Å². The summed E-state index contributed by atoms with van der Waals surface area (Å²) in [6, 6.07) is 9.62. The highest BCUT2D eigenvalue weighted by atomic mass is 32.1. The standard InChI is InChI=1S/C19H19N3O2S/c1-11(2)22-14-8-4-3-7-13(14)17(19(22)24)20-21-18(23)16-10-12-6-5-9-15(12)25-16/h3-4,7-8,10-11,24H,5-6,9H2,1-2H3. The van der Waals surface area contributed by atoms with Crippen molar-refractivity contribution in [1.82, 2.24) is 4.57 Å². The molecular weight excluding hydrogens is 334 g/mol. The first-order valence-electron chi connectivity index (χ1n) is 8.46. The van der Waals surface area contributed by atoms with E-state index in [0.717, 1.165) is 23.7 Å². The van der Waals surface area contributed by atoms with E-state index in [2.05, 4.69) is 10.2 Å². The molecule has 4 rings (SSSR count). The molecule has 6 heteroatoms. The number of azo groups is 1. The van der Waals surface area contributed by atoms with Gasteiger partial charge < -0.3 is 9.67 Å². The zero-order valence-electron chi connectivity index (χ0n) is 14.2. The second kappa shape index (κ2) is 6.11. The van der Waals surface area contributed by atoms with E-state index in [4.69, 9.17) is 0 Å². The molecule has 0 atom stereocenters. The molecule has 2 aromatic heterocycles. The summed E-state index contributed by atoms with van der Waals surface area (Å²) in [6.45, 7) is 3.98. The number of benzene rings is 1. The Balaban J connectivity index is 1.71. The van der Waals surface area contributed by atoms with Gasteiger partial charge in [0.05, 0.1) is 10.4 Å². The number of aromatic hydroxyl groups is 1. The van der Waals surface area contributed by atoms with Gasteiger partial charge in [0, 0.05) is 16.3 Å². The summed E-state index contributed by atoms with van der Waals surface area (Å²) in [6.07, 6.45) is 3.26. The summed E-state index contributed by atoms with van der Waals surface area (Å²) in [7, 11) is 0. The number of amides is 1. The maximum absolute atomic E-state index is 12.4. The van der Waals surface area contributed by atoms with Crippen molar-refractivity contribution in [3.8, 4) is 5.88 Å². The van der Waals surface area contributed by atoms with Gasteiger partial charge in [0.25, 0.3) is 0 Å². The monoisotopic (exact) mass is 353 g/mol. The van der Waals surface area contributed by atoms with Crippen LogP contribution in [0.25, 0.3) is 10.9 Å².